The average molecular weight is 154 g/mol. The summed E-state index contributed by atoms with van der Waals surface area (Å²) in [5.41, 5.74) is 5.27. The second-order valence-corrected chi connectivity index (χ2v) is 2.03. The summed E-state index contributed by atoms with van der Waals surface area (Å²) < 4.78 is 0. The van der Waals surface area contributed by atoms with Gasteiger partial charge in [-0.2, -0.15) is 0 Å². The van der Waals surface area contributed by atoms with Crippen LogP contribution in [0.5, 0.6) is 0 Å². The monoisotopic (exact) mass is 153 g/mol. The summed E-state index contributed by atoms with van der Waals surface area (Å²) in [6.45, 7) is 3.04. The topological polar surface area (TPSA) is 46.2 Å². The van der Waals surface area contributed by atoms with Crippen molar-refractivity contribution >= 4 is 12.4 Å². The molecular weight excluding hydrogens is 138 g/mol. The molecule has 0 spiro atoms. The van der Waals surface area contributed by atoms with E-state index < -0.39 is 0 Å². The lowest BCUT2D eigenvalue weighted by Gasteiger charge is -2.07. The molecule has 0 saturated carbocycles. The van der Waals surface area contributed by atoms with Crippen molar-refractivity contribution in [3.05, 3.63) is 0 Å². The SMILES string of the molecule is CCC(CO)CCN.Cl. The molecule has 9 heavy (non-hydrogen) atoms. The van der Waals surface area contributed by atoms with Gasteiger partial charge in [0.25, 0.3) is 0 Å². The summed E-state index contributed by atoms with van der Waals surface area (Å²) in [6, 6.07) is 0. The number of hydrogen-bond acceptors (Lipinski definition) is 2. The minimum absolute atomic E-state index is 0. The zero-order valence-corrected chi connectivity index (χ0v) is 6.66. The van der Waals surface area contributed by atoms with Crippen LogP contribution >= 0.6 is 12.4 Å². The van der Waals surface area contributed by atoms with Crippen LogP contribution in [0.1, 0.15) is 19.8 Å². The zero-order chi connectivity index (χ0) is 6.41. The minimum atomic E-state index is 0. The van der Waals surface area contributed by atoms with Gasteiger partial charge in [-0.3, -0.25) is 0 Å². The molecule has 0 aliphatic heterocycles. The van der Waals surface area contributed by atoms with Gasteiger partial charge in [-0.05, 0) is 18.9 Å². The highest BCUT2D eigenvalue weighted by molar-refractivity contribution is 5.85. The van der Waals surface area contributed by atoms with E-state index >= 15 is 0 Å². The van der Waals surface area contributed by atoms with Crippen LogP contribution in [0.3, 0.4) is 0 Å². The van der Waals surface area contributed by atoms with Crippen LogP contribution in [-0.4, -0.2) is 18.3 Å². The molecule has 58 valence electrons. The number of rotatable bonds is 4. The van der Waals surface area contributed by atoms with Gasteiger partial charge in [0.1, 0.15) is 0 Å². The van der Waals surface area contributed by atoms with Crippen molar-refractivity contribution in [3.63, 3.8) is 0 Å². The van der Waals surface area contributed by atoms with E-state index in [2.05, 4.69) is 6.92 Å². The van der Waals surface area contributed by atoms with Crippen molar-refractivity contribution in [2.45, 2.75) is 19.8 Å². The lowest BCUT2D eigenvalue weighted by atomic mass is 10.0. The quantitative estimate of drug-likeness (QED) is 0.627. The van der Waals surface area contributed by atoms with Crippen LogP contribution in [0.15, 0.2) is 0 Å². The molecule has 1 unspecified atom stereocenters. The Kier molecular flexibility index (Phi) is 10.9. The van der Waals surface area contributed by atoms with Gasteiger partial charge in [-0.1, -0.05) is 13.3 Å². The summed E-state index contributed by atoms with van der Waals surface area (Å²) in [7, 11) is 0. The van der Waals surface area contributed by atoms with E-state index in [4.69, 9.17) is 10.8 Å². The maximum absolute atomic E-state index is 8.60. The van der Waals surface area contributed by atoms with Crippen molar-refractivity contribution in [3.8, 4) is 0 Å². The van der Waals surface area contributed by atoms with Gasteiger partial charge in [-0.25, -0.2) is 0 Å². The van der Waals surface area contributed by atoms with Crippen LogP contribution < -0.4 is 5.73 Å². The first kappa shape index (κ1) is 11.9. The van der Waals surface area contributed by atoms with Crippen molar-refractivity contribution < 1.29 is 5.11 Å². The highest BCUT2D eigenvalue weighted by Crippen LogP contribution is 2.03. The van der Waals surface area contributed by atoms with E-state index in [1.54, 1.807) is 0 Å². The first-order valence-corrected chi connectivity index (χ1v) is 3.16. The predicted molar refractivity (Wildman–Crippen MR) is 41.8 cm³/mol. The summed E-state index contributed by atoms with van der Waals surface area (Å²) in [6.07, 6.45) is 1.99. The van der Waals surface area contributed by atoms with Crippen molar-refractivity contribution in [1.82, 2.24) is 0 Å². The van der Waals surface area contributed by atoms with Crippen LogP contribution in [0, 0.1) is 5.92 Å². The van der Waals surface area contributed by atoms with Crippen molar-refractivity contribution in [2.75, 3.05) is 13.2 Å². The molecule has 0 amide bonds. The van der Waals surface area contributed by atoms with E-state index in [-0.39, 0.29) is 19.0 Å². The Hall–Kier alpha value is 0.210. The molecule has 0 aromatic heterocycles. The summed E-state index contributed by atoms with van der Waals surface area (Å²) >= 11 is 0. The second-order valence-electron chi connectivity index (χ2n) is 2.03. The fourth-order valence-corrected chi connectivity index (χ4v) is 0.660. The molecule has 0 saturated heterocycles. The molecule has 0 bridgehead atoms. The van der Waals surface area contributed by atoms with Gasteiger partial charge in [0.05, 0.1) is 0 Å². The fraction of sp³-hybridized carbons (Fsp3) is 1.00. The van der Waals surface area contributed by atoms with E-state index in [0.29, 0.717) is 12.5 Å². The Morgan fingerprint density at radius 1 is 1.56 bits per heavy atom. The summed E-state index contributed by atoms with van der Waals surface area (Å²) in [4.78, 5) is 0. The molecule has 0 heterocycles. The third-order valence-electron chi connectivity index (χ3n) is 1.41. The Morgan fingerprint density at radius 2 is 2.11 bits per heavy atom. The van der Waals surface area contributed by atoms with E-state index in [9.17, 15) is 0 Å². The largest absolute Gasteiger partial charge is 0.396 e. The number of aliphatic hydroxyl groups excluding tert-OH is 1. The molecular formula is C6H16ClNO. The average Bonchev–Trinajstić information content (AvgIpc) is 1.83. The van der Waals surface area contributed by atoms with Gasteiger partial charge in [0, 0.05) is 6.61 Å². The molecule has 0 aliphatic rings. The Morgan fingerprint density at radius 3 is 2.22 bits per heavy atom. The molecule has 0 radical (unpaired) electrons. The van der Waals surface area contributed by atoms with Gasteiger partial charge in [0.2, 0.25) is 0 Å². The van der Waals surface area contributed by atoms with Crippen LogP contribution in [-0.2, 0) is 0 Å². The predicted octanol–water partition coefficient (Wildman–Crippen LogP) is 0.775. The second kappa shape index (κ2) is 8.21. The van der Waals surface area contributed by atoms with E-state index in [0.717, 1.165) is 12.8 Å². The molecule has 0 aromatic carbocycles. The standard InChI is InChI=1S/C6H15NO.ClH/c1-2-6(5-8)3-4-7;/h6,8H,2-5,7H2,1H3;1H. The molecule has 0 aliphatic carbocycles. The molecule has 2 nitrogen and oxygen atoms in total. The highest BCUT2D eigenvalue weighted by atomic mass is 35.5. The molecule has 0 aromatic rings. The Balaban J connectivity index is 0. The fourth-order valence-electron chi connectivity index (χ4n) is 0.660. The highest BCUT2D eigenvalue weighted by Gasteiger charge is 2.00. The number of aliphatic hydroxyl groups is 1. The molecule has 1 atom stereocenters. The maximum atomic E-state index is 8.60. The van der Waals surface area contributed by atoms with Crippen LogP contribution in [0.4, 0.5) is 0 Å². The Labute approximate surface area is 62.9 Å². The Bertz CT molecular complexity index is 48.3. The number of nitrogens with two attached hydrogens (primary N) is 1. The van der Waals surface area contributed by atoms with E-state index in [1.807, 2.05) is 0 Å². The minimum Gasteiger partial charge on any atom is -0.396 e. The molecule has 3 N–H and O–H groups in total. The van der Waals surface area contributed by atoms with Gasteiger partial charge in [-0.15, -0.1) is 12.4 Å². The van der Waals surface area contributed by atoms with Gasteiger partial charge < -0.3 is 10.8 Å². The third kappa shape index (κ3) is 6.09. The molecule has 3 heteroatoms. The lowest BCUT2D eigenvalue weighted by molar-refractivity contribution is 0.216. The van der Waals surface area contributed by atoms with E-state index in [1.165, 1.54) is 0 Å². The number of halogens is 1. The first-order chi connectivity index (χ1) is 3.85. The van der Waals surface area contributed by atoms with Crippen molar-refractivity contribution in [1.29, 1.82) is 0 Å². The maximum Gasteiger partial charge on any atom is 0.0459 e. The molecule has 0 rings (SSSR count). The van der Waals surface area contributed by atoms with Gasteiger partial charge >= 0.3 is 0 Å². The van der Waals surface area contributed by atoms with Crippen LogP contribution in [0.2, 0.25) is 0 Å². The van der Waals surface area contributed by atoms with Crippen molar-refractivity contribution in [2.24, 2.45) is 11.7 Å². The molecule has 0 fully saturated rings. The summed E-state index contributed by atoms with van der Waals surface area (Å²) in [5.74, 6) is 0.431. The first-order valence-electron chi connectivity index (χ1n) is 3.16. The smallest absolute Gasteiger partial charge is 0.0459 e. The zero-order valence-electron chi connectivity index (χ0n) is 5.84. The summed E-state index contributed by atoms with van der Waals surface area (Å²) in [5, 5.41) is 8.60. The van der Waals surface area contributed by atoms with Gasteiger partial charge in [0.15, 0.2) is 0 Å². The number of hydrogen-bond donors (Lipinski definition) is 2. The third-order valence-corrected chi connectivity index (χ3v) is 1.41. The normalized spacial score (nSPS) is 12.3. The lowest BCUT2D eigenvalue weighted by Crippen LogP contribution is -2.10. The van der Waals surface area contributed by atoms with Crippen LogP contribution in [0.25, 0.3) is 0 Å².